The fourth-order valence-electron chi connectivity index (χ4n) is 1.48. The van der Waals surface area contributed by atoms with Crippen LogP contribution < -0.4 is 0 Å². The first-order chi connectivity index (χ1) is 8.65. The van der Waals surface area contributed by atoms with Gasteiger partial charge in [-0.1, -0.05) is 23.7 Å². The van der Waals surface area contributed by atoms with E-state index in [9.17, 15) is 4.79 Å². The largest absolute Gasteiger partial charge is 0.295 e. The van der Waals surface area contributed by atoms with Crippen molar-refractivity contribution < 1.29 is 4.79 Å². The summed E-state index contributed by atoms with van der Waals surface area (Å²) in [5.41, 5.74) is 2.49. The van der Waals surface area contributed by atoms with E-state index in [1.807, 2.05) is 36.4 Å². The van der Waals surface area contributed by atoms with E-state index in [1.54, 1.807) is 25.3 Å². The third kappa shape index (κ3) is 3.28. The Hall–Kier alpha value is -1.93. The van der Waals surface area contributed by atoms with Gasteiger partial charge in [0.05, 0.1) is 5.69 Å². The molecule has 0 aliphatic carbocycles. The maximum Gasteiger partial charge on any atom is 0.159 e. The number of carbonyl (C=O) groups excluding carboxylic acids is 1. The van der Waals surface area contributed by atoms with Gasteiger partial charge in [0.15, 0.2) is 5.78 Å². The van der Waals surface area contributed by atoms with Crippen molar-refractivity contribution in [3.05, 3.63) is 64.7 Å². The summed E-state index contributed by atoms with van der Waals surface area (Å²) < 4.78 is 0. The number of aliphatic imine (C=N–C) groups is 1. The quantitative estimate of drug-likeness (QED) is 0.596. The minimum Gasteiger partial charge on any atom is -0.295 e. The van der Waals surface area contributed by atoms with E-state index in [4.69, 9.17) is 11.6 Å². The van der Waals surface area contributed by atoms with E-state index in [0.29, 0.717) is 10.6 Å². The van der Waals surface area contributed by atoms with Gasteiger partial charge in [-0.25, -0.2) is 0 Å². The third-order valence-electron chi connectivity index (χ3n) is 2.51. The number of carbonyl (C=O) groups is 1. The minimum absolute atomic E-state index is 0.0585. The first-order valence-electron chi connectivity index (χ1n) is 5.56. The normalized spacial score (nSPS) is 10.8. The molecule has 3 heteroatoms. The van der Waals surface area contributed by atoms with Crippen LogP contribution in [0.3, 0.4) is 0 Å². The summed E-state index contributed by atoms with van der Waals surface area (Å²) in [6.07, 6.45) is 1.76. The van der Waals surface area contributed by atoms with Crippen molar-refractivity contribution in [2.24, 2.45) is 4.99 Å². The van der Waals surface area contributed by atoms with Gasteiger partial charge in [-0.05, 0) is 48.9 Å². The van der Waals surface area contributed by atoms with Crippen LogP contribution >= 0.6 is 11.6 Å². The summed E-state index contributed by atoms with van der Waals surface area (Å²) in [5, 5.41) is 0.706. The van der Waals surface area contributed by atoms with Gasteiger partial charge >= 0.3 is 0 Å². The molecular weight excluding hydrogens is 246 g/mol. The molecule has 0 aliphatic heterocycles. The maximum atomic E-state index is 11.1. The van der Waals surface area contributed by atoms with Gasteiger partial charge < -0.3 is 0 Å². The van der Waals surface area contributed by atoms with Crippen LogP contribution in [0.5, 0.6) is 0 Å². The lowest BCUT2D eigenvalue weighted by Crippen LogP contribution is -1.89. The first-order valence-corrected chi connectivity index (χ1v) is 5.93. The Balaban J connectivity index is 2.13. The van der Waals surface area contributed by atoms with Crippen molar-refractivity contribution in [2.45, 2.75) is 6.92 Å². The molecule has 0 N–H and O–H groups in total. The Morgan fingerprint density at radius 3 is 2.22 bits per heavy atom. The molecule has 2 aromatic carbocycles. The van der Waals surface area contributed by atoms with Crippen molar-refractivity contribution in [3.8, 4) is 0 Å². The molecule has 0 aliphatic rings. The van der Waals surface area contributed by atoms with Crippen molar-refractivity contribution in [2.75, 3.05) is 0 Å². The second kappa shape index (κ2) is 5.61. The number of hydrogen-bond acceptors (Lipinski definition) is 2. The van der Waals surface area contributed by atoms with Gasteiger partial charge in [0.25, 0.3) is 0 Å². The highest BCUT2D eigenvalue weighted by molar-refractivity contribution is 6.30. The second-order valence-corrected chi connectivity index (χ2v) is 4.35. The molecule has 90 valence electrons. The number of halogens is 1. The highest BCUT2D eigenvalue weighted by Gasteiger charge is 1.97. The zero-order chi connectivity index (χ0) is 13.0. The van der Waals surface area contributed by atoms with Gasteiger partial charge in [-0.2, -0.15) is 0 Å². The predicted octanol–water partition coefficient (Wildman–Crippen LogP) is 4.29. The molecule has 0 spiro atoms. The molecular formula is C15H12ClNO. The van der Waals surface area contributed by atoms with Crippen LogP contribution in [-0.4, -0.2) is 12.0 Å². The molecule has 2 aromatic rings. The molecule has 0 unspecified atom stereocenters. The summed E-state index contributed by atoms with van der Waals surface area (Å²) in [6.45, 7) is 1.55. The average molecular weight is 258 g/mol. The Bertz CT molecular complexity index is 570. The molecule has 0 saturated heterocycles. The lowest BCUT2D eigenvalue weighted by molar-refractivity contribution is 0.101. The molecule has 18 heavy (non-hydrogen) atoms. The lowest BCUT2D eigenvalue weighted by atomic mass is 10.1. The Kier molecular flexibility index (Phi) is 3.90. The summed E-state index contributed by atoms with van der Waals surface area (Å²) in [5.74, 6) is 0.0585. The highest BCUT2D eigenvalue weighted by Crippen LogP contribution is 2.14. The smallest absolute Gasteiger partial charge is 0.159 e. The van der Waals surface area contributed by atoms with E-state index in [-0.39, 0.29) is 5.78 Å². The second-order valence-electron chi connectivity index (χ2n) is 3.91. The highest BCUT2D eigenvalue weighted by atomic mass is 35.5. The molecule has 0 amide bonds. The zero-order valence-electron chi connectivity index (χ0n) is 9.93. The lowest BCUT2D eigenvalue weighted by Gasteiger charge is -1.97. The number of rotatable bonds is 3. The SMILES string of the molecule is CC(=O)c1ccc(N=Cc2ccc(Cl)cc2)cc1. The van der Waals surface area contributed by atoms with Crippen LogP contribution in [0, 0.1) is 0 Å². The summed E-state index contributed by atoms with van der Waals surface area (Å²) in [7, 11) is 0. The molecule has 0 aromatic heterocycles. The molecule has 2 rings (SSSR count). The number of hydrogen-bond donors (Lipinski definition) is 0. The van der Waals surface area contributed by atoms with Gasteiger partial charge in [0.2, 0.25) is 0 Å². The Labute approximate surface area is 111 Å². The molecule has 0 bridgehead atoms. The predicted molar refractivity (Wildman–Crippen MR) is 75.2 cm³/mol. The molecule has 0 saturated carbocycles. The zero-order valence-corrected chi connectivity index (χ0v) is 10.7. The summed E-state index contributed by atoms with van der Waals surface area (Å²) in [4.78, 5) is 15.4. The van der Waals surface area contributed by atoms with Crippen LogP contribution in [0.1, 0.15) is 22.8 Å². The third-order valence-corrected chi connectivity index (χ3v) is 2.76. The van der Waals surface area contributed by atoms with E-state index in [2.05, 4.69) is 4.99 Å². The number of Topliss-reactive ketones (excluding diaryl/α,β-unsaturated/α-hetero) is 1. The molecule has 0 fully saturated rings. The fraction of sp³-hybridized carbons (Fsp3) is 0.0667. The minimum atomic E-state index is 0.0585. The van der Waals surface area contributed by atoms with Crippen LogP contribution in [0.15, 0.2) is 53.5 Å². The Morgan fingerprint density at radius 1 is 1.06 bits per heavy atom. The number of benzene rings is 2. The molecule has 0 atom stereocenters. The topological polar surface area (TPSA) is 29.4 Å². The standard InChI is InChI=1S/C15H12ClNO/c1-11(18)13-4-8-15(9-5-13)17-10-12-2-6-14(16)7-3-12/h2-10H,1H3. The Morgan fingerprint density at radius 2 is 1.67 bits per heavy atom. The summed E-state index contributed by atoms with van der Waals surface area (Å²) >= 11 is 5.80. The monoisotopic (exact) mass is 257 g/mol. The van der Waals surface area contributed by atoms with Gasteiger partial charge in [-0.15, -0.1) is 0 Å². The van der Waals surface area contributed by atoms with Crippen LogP contribution in [-0.2, 0) is 0 Å². The average Bonchev–Trinajstić information content (AvgIpc) is 2.38. The van der Waals surface area contributed by atoms with Gasteiger partial charge in [0.1, 0.15) is 0 Å². The number of ketones is 1. The van der Waals surface area contributed by atoms with E-state index < -0.39 is 0 Å². The van der Waals surface area contributed by atoms with E-state index in [0.717, 1.165) is 11.3 Å². The van der Waals surface area contributed by atoms with Gasteiger partial charge in [0, 0.05) is 16.8 Å². The van der Waals surface area contributed by atoms with Crippen LogP contribution in [0.4, 0.5) is 5.69 Å². The van der Waals surface area contributed by atoms with Crippen molar-refractivity contribution >= 4 is 29.3 Å². The van der Waals surface area contributed by atoms with Gasteiger partial charge in [-0.3, -0.25) is 9.79 Å². The molecule has 2 nitrogen and oxygen atoms in total. The first kappa shape index (κ1) is 12.5. The number of nitrogens with zero attached hydrogens (tertiary/aromatic N) is 1. The van der Waals surface area contributed by atoms with Crippen LogP contribution in [0.25, 0.3) is 0 Å². The van der Waals surface area contributed by atoms with E-state index >= 15 is 0 Å². The maximum absolute atomic E-state index is 11.1. The summed E-state index contributed by atoms with van der Waals surface area (Å²) in [6, 6.07) is 14.6. The molecule has 0 heterocycles. The molecule has 0 radical (unpaired) electrons. The van der Waals surface area contributed by atoms with Crippen molar-refractivity contribution in [1.29, 1.82) is 0 Å². The van der Waals surface area contributed by atoms with Crippen molar-refractivity contribution in [1.82, 2.24) is 0 Å². The van der Waals surface area contributed by atoms with Crippen LogP contribution in [0.2, 0.25) is 5.02 Å². The van der Waals surface area contributed by atoms with E-state index in [1.165, 1.54) is 0 Å². The van der Waals surface area contributed by atoms with Crippen molar-refractivity contribution in [3.63, 3.8) is 0 Å². The fourth-order valence-corrected chi connectivity index (χ4v) is 1.61.